The Kier molecular flexibility index (Phi) is 5.88. The van der Waals surface area contributed by atoms with E-state index < -0.39 is 0 Å². The number of anilines is 1. The van der Waals surface area contributed by atoms with Gasteiger partial charge in [-0.15, -0.1) is 0 Å². The Bertz CT molecular complexity index is 885. The number of hydrogen-bond donors (Lipinski definition) is 4. The number of rotatable bonds is 6. The van der Waals surface area contributed by atoms with Crippen LogP contribution in [0.3, 0.4) is 0 Å². The van der Waals surface area contributed by atoms with Gasteiger partial charge in [0.05, 0.1) is 6.54 Å². The molecule has 0 atom stereocenters. The molecular formula is C20H23N5O. The molecule has 0 saturated heterocycles. The van der Waals surface area contributed by atoms with Gasteiger partial charge in [-0.2, -0.15) is 0 Å². The van der Waals surface area contributed by atoms with Gasteiger partial charge in [-0.3, -0.25) is 9.79 Å². The number of para-hydroxylation sites is 2. The van der Waals surface area contributed by atoms with Crippen molar-refractivity contribution in [2.45, 2.75) is 6.42 Å². The Labute approximate surface area is 152 Å². The van der Waals surface area contributed by atoms with Crippen LogP contribution in [-0.2, 0) is 11.2 Å². The van der Waals surface area contributed by atoms with Crippen molar-refractivity contribution in [2.75, 3.05) is 25.5 Å². The summed E-state index contributed by atoms with van der Waals surface area (Å²) in [5, 5.41) is 10.3. The van der Waals surface area contributed by atoms with Crippen LogP contribution in [0.4, 0.5) is 5.69 Å². The number of aliphatic imine (C=N–C) groups is 1. The summed E-state index contributed by atoms with van der Waals surface area (Å²) in [4.78, 5) is 19.4. The number of amides is 1. The Morgan fingerprint density at radius 1 is 1.04 bits per heavy atom. The van der Waals surface area contributed by atoms with Crippen molar-refractivity contribution >= 4 is 28.5 Å². The largest absolute Gasteiger partial charge is 0.361 e. The van der Waals surface area contributed by atoms with Gasteiger partial charge in [0.2, 0.25) is 5.91 Å². The SMILES string of the molecule is CN=C(NCCc1c[nH]c2ccccc12)NCC(=O)Nc1ccccc1. The molecule has 6 nitrogen and oxygen atoms in total. The van der Waals surface area contributed by atoms with Crippen molar-refractivity contribution in [3.8, 4) is 0 Å². The van der Waals surface area contributed by atoms with E-state index >= 15 is 0 Å². The maximum Gasteiger partial charge on any atom is 0.243 e. The fraction of sp³-hybridized carbons (Fsp3) is 0.200. The molecule has 134 valence electrons. The smallest absolute Gasteiger partial charge is 0.243 e. The maximum absolute atomic E-state index is 12.0. The predicted octanol–water partition coefficient (Wildman–Crippen LogP) is 2.51. The van der Waals surface area contributed by atoms with Crippen molar-refractivity contribution in [3.05, 3.63) is 66.4 Å². The van der Waals surface area contributed by atoms with Crippen LogP contribution in [0.5, 0.6) is 0 Å². The monoisotopic (exact) mass is 349 g/mol. The lowest BCUT2D eigenvalue weighted by atomic mass is 10.1. The van der Waals surface area contributed by atoms with Crippen LogP contribution in [0.15, 0.2) is 65.8 Å². The van der Waals surface area contributed by atoms with E-state index in [9.17, 15) is 4.79 Å². The number of fused-ring (bicyclic) bond motifs is 1. The third-order valence-electron chi connectivity index (χ3n) is 4.06. The molecule has 0 spiro atoms. The third-order valence-corrected chi connectivity index (χ3v) is 4.06. The summed E-state index contributed by atoms with van der Waals surface area (Å²) in [6, 6.07) is 17.6. The molecule has 26 heavy (non-hydrogen) atoms. The predicted molar refractivity (Wildman–Crippen MR) is 106 cm³/mol. The molecule has 0 saturated carbocycles. The second-order valence-electron chi connectivity index (χ2n) is 5.88. The third kappa shape index (κ3) is 4.63. The van der Waals surface area contributed by atoms with E-state index in [0.717, 1.165) is 24.2 Å². The molecular weight excluding hydrogens is 326 g/mol. The number of hydrogen-bond acceptors (Lipinski definition) is 2. The molecule has 0 radical (unpaired) electrons. The number of aromatic nitrogens is 1. The summed E-state index contributed by atoms with van der Waals surface area (Å²) in [6.45, 7) is 0.878. The number of H-pyrrole nitrogens is 1. The lowest BCUT2D eigenvalue weighted by Crippen LogP contribution is -2.42. The standard InChI is InChI=1S/C20H23N5O/c1-21-20(24-14-19(26)25-16-7-3-2-4-8-16)22-12-11-15-13-23-18-10-6-5-9-17(15)18/h2-10,13,23H,11-12,14H2,1H3,(H,25,26)(H2,21,22,24). The Balaban J connectivity index is 1.44. The highest BCUT2D eigenvalue weighted by Crippen LogP contribution is 2.17. The molecule has 0 aliphatic rings. The van der Waals surface area contributed by atoms with Crippen molar-refractivity contribution in [1.82, 2.24) is 15.6 Å². The minimum Gasteiger partial charge on any atom is -0.361 e. The van der Waals surface area contributed by atoms with Crippen LogP contribution in [0.25, 0.3) is 10.9 Å². The summed E-state index contributed by atoms with van der Waals surface area (Å²) in [5.74, 6) is 0.490. The molecule has 1 amide bonds. The molecule has 0 aliphatic heterocycles. The van der Waals surface area contributed by atoms with Crippen molar-refractivity contribution < 1.29 is 4.79 Å². The molecule has 1 heterocycles. The van der Waals surface area contributed by atoms with E-state index in [1.54, 1.807) is 7.05 Å². The average molecular weight is 349 g/mol. The van der Waals surface area contributed by atoms with Crippen LogP contribution in [0.2, 0.25) is 0 Å². The first-order chi connectivity index (χ1) is 12.8. The van der Waals surface area contributed by atoms with Crippen molar-refractivity contribution in [3.63, 3.8) is 0 Å². The summed E-state index contributed by atoms with van der Waals surface area (Å²) < 4.78 is 0. The van der Waals surface area contributed by atoms with Gasteiger partial charge in [-0.1, -0.05) is 36.4 Å². The van der Waals surface area contributed by atoms with Gasteiger partial charge >= 0.3 is 0 Å². The normalized spacial score (nSPS) is 11.3. The fourth-order valence-electron chi connectivity index (χ4n) is 2.77. The second-order valence-corrected chi connectivity index (χ2v) is 5.88. The Morgan fingerprint density at radius 2 is 1.81 bits per heavy atom. The zero-order valence-corrected chi connectivity index (χ0v) is 14.8. The van der Waals surface area contributed by atoms with Gasteiger partial charge in [-0.25, -0.2) is 0 Å². The van der Waals surface area contributed by atoms with E-state index in [1.165, 1.54) is 10.9 Å². The quantitative estimate of drug-likeness (QED) is 0.408. The minimum atomic E-state index is -0.115. The highest BCUT2D eigenvalue weighted by molar-refractivity contribution is 5.95. The van der Waals surface area contributed by atoms with E-state index in [1.807, 2.05) is 48.7 Å². The molecule has 0 bridgehead atoms. The molecule has 0 fully saturated rings. The summed E-state index contributed by atoms with van der Waals surface area (Å²) in [5.41, 5.74) is 3.18. The van der Waals surface area contributed by atoms with E-state index in [-0.39, 0.29) is 12.5 Å². The summed E-state index contributed by atoms with van der Waals surface area (Å²) in [6.07, 6.45) is 2.90. The molecule has 1 aromatic heterocycles. The van der Waals surface area contributed by atoms with Gasteiger partial charge in [0.15, 0.2) is 5.96 Å². The van der Waals surface area contributed by atoms with Crippen LogP contribution in [0, 0.1) is 0 Å². The lowest BCUT2D eigenvalue weighted by molar-refractivity contribution is -0.115. The van der Waals surface area contributed by atoms with E-state index in [4.69, 9.17) is 0 Å². The number of aromatic amines is 1. The first-order valence-corrected chi connectivity index (χ1v) is 8.60. The number of nitrogens with one attached hydrogen (secondary N) is 4. The molecule has 4 N–H and O–H groups in total. The van der Waals surface area contributed by atoms with Crippen molar-refractivity contribution in [1.29, 1.82) is 0 Å². The second kappa shape index (κ2) is 8.71. The van der Waals surface area contributed by atoms with Gasteiger partial charge in [0.1, 0.15) is 0 Å². The highest BCUT2D eigenvalue weighted by Gasteiger charge is 2.05. The first-order valence-electron chi connectivity index (χ1n) is 8.60. The van der Waals surface area contributed by atoms with Gasteiger partial charge in [0, 0.05) is 36.4 Å². The average Bonchev–Trinajstić information content (AvgIpc) is 3.08. The molecule has 0 aliphatic carbocycles. The summed E-state index contributed by atoms with van der Waals surface area (Å²) in [7, 11) is 1.69. The van der Waals surface area contributed by atoms with Crippen molar-refractivity contribution in [2.24, 2.45) is 4.99 Å². The fourth-order valence-corrected chi connectivity index (χ4v) is 2.77. The minimum absolute atomic E-state index is 0.115. The highest BCUT2D eigenvalue weighted by atomic mass is 16.1. The van der Waals surface area contributed by atoms with Gasteiger partial charge in [0.25, 0.3) is 0 Å². The Morgan fingerprint density at radius 3 is 2.62 bits per heavy atom. The molecule has 6 heteroatoms. The summed E-state index contributed by atoms with van der Waals surface area (Å²) >= 11 is 0. The van der Waals surface area contributed by atoms with E-state index in [2.05, 4.69) is 38.1 Å². The zero-order valence-electron chi connectivity index (χ0n) is 14.8. The van der Waals surface area contributed by atoms with Crippen LogP contribution >= 0.6 is 0 Å². The molecule has 2 aromatic carbocycles. The topological polar surface area (TPSA) is 81.3 Å². The molecule has 3 rings (SSSR count). The van der Waals surface area contributed by atoms with Crippen LogP contribution < -0.4 is 16.0 Å². The van der Waals surface area contributed by atoms with Gasteiger partial charge < -0.3 is 20.9 Å². The molecule has 0 unspecified atom stereocenters. The first kappa shape index (κ1) is 17.5. The molecule has 3 aromatic rings. The zero-order chi connectivity index (χ0) is 18.2. The number of carbonyl (C=O) groups is 1. The Hall–Kier alpha value is -3.28. The number of carbonyl (C=O) groups excluding carboxylic acids is 1. The van der Waals surface area contributed by atoms with Crippen LogP contribution in [0.1, 0.15) is 5.56 Å². The number of guanidine groups is 1. The van der Waals surface area contributed by atoms with Gasteiger partial charge in [-0.05, 0) is 30.2 Å². The number of nitrogens with zero attached hydrogens (tertiary/aromatic N) is 1. The van der Waals surface area contributed by atoms with Crippen LogP contribution in [-0.4, -0.2) is 37.0 Å². The maximum atomic E-state index is 12.0. The van der Waals surface area contributed by atoms with E-state index in [0.29, 0.717) is 5.96 Å². The lowest BCUT2D eigenvalue weighted by Gasteiger charge is -2.12. The number of benzene rings is 2.